The monoisotopic (exact) mass is 385 g/mol. The van der Waals surface area contributed by atoms with Gasteiger partial charge in [-0.3, -0.25) is 0 Å². The molecule has 2 aliphatic heterocycles. The lowest BCUT2D eigenvalue weighted by atomic mass is 9.94. The summed E-state index contributed by atoms with van der Waals surface area (Å²) >= 11 is 0. The van der Waals surface area contributed by atoms with Crippen molar-refractivity contribution in [1.29, 1.82) is 0 Å². The second kappa shape index (κ2) is 10.2. The Bertz CT molecular complexity index is 566. The van der Waals surface area contributed by atoms with Crippen molar-refractivity contribution in [3.8, 4) is 0 Å². The van der Waals surface area contributed by atoms with Crippen LogP contribution in [0.3, 0.4) is 0 Å². The van der Waals surface area contributed by atoms with Gasteiger partial charge < -0.3 is 29.0 Å². The standard InChI is InChI=1S/C18H28FN3O5/c19-18(14-26-8-7-24-12-16-13-25-9-10-27-16)2-5-22(6-3-18)17-20-4-1-15(11-23)21-17/h1,4,16,23H,2-3,5-14H2. The van der Waals surface area contributed by atoms with Gasteiger partial charge in [-0.2, -0.15) is 0 Å². The second-order valence-electron chi connectivity index (χ2n) is 6.84. The molecule has 3 rings (SSSR count). The number of halogens is 1. The number of rotatable bonds is 9. The van der Waals surface area contributed by atoms with E-state index in [2.05, 4.69) is 9.97 Å². The molecular weight excluding hydrogens is 357 g/mol. The molecule has 0 aliphatic carbocycles. The van der Waals surface area contributed by atoms with Gasteiger partial charge in [0.05, 0.1) is 58.5 Å². The summed E-state index contributed by atoms with van der Waals surface area (Å²) in [5.74, 6) is 0.534. The highest BCUT2D eigenvalue weighted by molar-refractivity contribution is 5.31. The fraction of sp³-hybridized carbons (Fsp3) is 0.778. The van der Waals surface area contributed by atoms with E-state index < -0.39 is 5.67 Å². The normalized spacial score (nSPS) is 22.7. The fourth-order valence-electron chi connectivity index (χ4n) is 3.10. The van der Waals surface area contributed by atoms with Crippen LogP contribution in [-0.4, -0.2) is 86.2 Å². The molecule has 9 heteroatoms. The molecule has 8 nitrogen and oxygen atoms in total. The van der Waals surface area contributed by atoms with Crippen molar-refractivity contribution in [3.05, 3.63) is 18.0 Å². The Morgan fingerprint density at radius 1 is 1.26 bits per heavy atom. The third-order valence-electron chi connectivity index (χ3n) is 4.73. The first-order valence-electron chi connectivity index (χ1n) is 9.40. The molecule has 2 aliphatic rings. The molecule has 0 spiro atoms. The summed E-state index contributed by atoms with van der Waals surface area (Å²) in [7, 11) is 0. The smallest absolute Gasteiger partial charge is 0.225 e. The topological polar surface area (TPSA) is 86.2 Å². The van der Waals surface area contributed by atoms with E-state index in [1.54, 1.807) is 12.3 Å². The molecule has 0 radical (unpaired) electrons. The summed E-state index contributed by atoms with van der Waals surface area (Å²) in [4.78, 5) is 10.4. The van der Waals surface area contributed by atoms with Crippen LogP contribution in [-0.2, 0) is 25.6 Å². The Hall–Kier alpha value is -1.39. The number of aliphatic hydroxyl groups excluding tert-OH is 1. The lowest BCUT2D eigenvalue weighted by molar-refractivity contribution is -0.119. The van der Waals surface area contributed by atoms with Gasteiger partial charge in [0.2, 0.25) is 5.95 Å². The molecule has 1 atom stereocenters. The number of ether oxygens (including phenoxy) is 4. The number of piperidine rings is 1. The lowest BCUT2D eigenvalue weighted by Gasteiger charge is -2.36. The molecule has 152 valence electrons. The van der Waals surface area contributed by atoms with Crippen LogP contribution in [0.1, 0.15) is 18.5 Å². The quantitative estimate of drug-likeness (QED) is 0.623. The van der Waals surface area contributed by atoms with E-state index >= 15 is 0 Å². The number of anilines is 1. The SMILES string of the molecule is OCc1ccnc(N2CCC(F)(COCCOCC3COCCO3)CC2)n1. The van der Waals surface area contributed by atoms with Crippen molar-refractivity contribution in [2.45, 2.75) is 31.2 Å². The maximum Gasteiger partial charge on any atom is 0.225 e. The second-order valence-corrected chi connectivity index (χ2v) is 6.84. The maximum atomic E-state index is 14.9. The Morgan fingerprint density at radius 3 is 2.81 bits per heavy atom. The molecule has 27 heavy (non-hydrogen) atoms. The molecule has 2 saturated heterocycles. The highest BCUT2D eigenvalue weighted by Crippen LogP contribution is 2.28. The van der Waals surface area contributed by atoms with Crippen molar-refractivity contribution >= 4 is 5.95 Å². The largest absolute Gasteiger partial charge is 0.390 e. The first kappa shape index (κ1) is 20.3. The van der Waals surface area contributed by atoms with Crippen LogP contribution < -0.4 is 4.90 Å². The predicted octanol–water partition coefficient (Wildman–Crippen LogP) is 0.726. The minimum absolute atomic E-state index is 0.0258. The van der Waals surface area contributed by atoms with Gasteiger partial charge in [-0.25, -0.2) is 14.4 Å². The Kier molecular flexibility index (Phi) is 7.71. The van der Waals surface area contributed by atoms with Crippen molar-refractivity contribution in [2.75, 3.05) is 64.2 Å². The van der Waals surface area contributed by atoms with Crippen LogP contribution in [0.25, 0.3) is 0 Å². The van der Waals surface area contributed by atoms with Crippen LogP contribution in [0.4, 0.5) is 10.3 Å². The Balaban J connectivity index is 1.30. The number of alkyl halides is 1. The van der Waals surface area contributed by atoms with Gasteiger partial charge in [0.25, 0.3) is 0 Å². The molecule has 1 unspecified atom stereocenters. The van der Waals surface area contributed by atoms with E-state index in [0.29, 0.717) is 77.2 Å². The average Bonchev–Trinajstić information content (AvgIpc) is 2.72. The van der Waals surface area contributed by atoms with Crippen LogP contribution in [0.5, 0.6) is 0 Å². The summed E-state index contributed by atoms with van der Waals surface area (Å²) in [5, 5.41) is 9.17. The number of aliphatic hydroxyl groups is 1. The van der Waals surface area contributed by atoms with Gasteiger partial charge in [0.1, 0.15) is 11.8 Å². The zero-order valence-electron chi connectivity index (χ0n) is 15.5. The molecule has 1 aromatic rings. The molecule has 0 amide bonds. The molecule has 0 aromatic carbocycles. The summed E-state index contributed by atoms with van der Waals surface area (Å²) < 4.78 is 36.7. The number of hydrogen-bond donors (Lipinski definition) is 1. The van der Waals surface area contributed by atoms with Crippen molar-refractivity contribution in [2.24, 2.45) is 0 Å². The average molecular weight is 385 g/mol. The maximum absolute atomic E-state index is 14.9. The highest BCUT2D eigenvalue weighted by Gasteiger charge is 2.35. The van der Waals surface area contributed by atoms with E-state index in [1.165, 1.54) is 0 Å². The first-order valence-corrected chi connectivity index (χ1v) is 9.40. The predicted molar refractivity (Wildman–Crippen MR) is 95.4 cm³/mol. The van der Waals surface area contributed by atoms with E-state index in [0.717, 1.165) is 0 Å². The Labute approximate surface area is 158 Å². The van der Waals surface area contributed by atoms with Crippen molar-refractivity contribution in [3.63, 3.8) is 0 Å². The molecule has 0 bridgehead atoms. The van der Waals surface area contributed by atoms with E-state index in [1.807, 2.05) is 4.90 Å². The minimum Gasteiger partial charge on any atom is -0.390 e. The molecule has 1 N–H and O–H groups in total. The van der Waals surface area contributed by atoms with E-state index in [4.69, 9.17) is 24.1 Å². The fourth-order valence-corrected chi connectivity index (χ4v) is 3.10. The van der Waals surface area contributed by atoms with Crippen LogP contribution >= 0.6 is 0 Å². The Morgan fingerprint density at radius 2 is 2.07 bits per heavy atom. The van der Waals surface area contributed by atoms with Gasteiger partial charge in [0, 0.05) is 32.1 Å². The molecular formula is C18H28FN3O5. The van der Waals surface area contributed by atoms with Crippen LogP contribution in [0, 0.1) is 0 Å². The van der Waals surface area contributed by atoms with E-state index in [9.17, 15) is 4.39 Å². The zero-order valence-corrected chi connectivity index (χ0v) is 15.5. The zero-order chi connectivity index (χ0) is 19.0. The summed E-state index contributed by atoms with van der Waals surface area (Å²) in [6.45, 7) is 3.97. The molecule has 2 fully saturated rings. The van der Waals surface area contributed by atoms with Gasteiger partial charge in [-0.05, 0) is 6.07 Å². The highest BCUT2D eigenvalue weighted by atomic mass is 19.1. The van der Waals surface area contributed by atoms with Crippen LogP contribution in [0.2, 0.25) is 0 Å². The van der Waals surface area contributed by atoms with Crippen LogP contribution in [0.15, 0.2) is 12.3 Å². The third kappa shape index (κ3) is 6.32. The molecule has 3 heterocycles. The minimum atomic E-state index is -1.34. The first-order chi connectivity index (χ1) is 13.2. The number of aromatic nitrogens is 2. The molecule has 0 saturated carbocycles. The van der Waals surface area contributed by atoms with Crippen molar-refractivity contribution in [1.82, 2.24) is 9.97 Å². The number of nitrogens with zero attached hydrogens (tertiary/aromatic N) is 3. The third-order valence-corrected chi connectivity index (χ3v) is 4.73. The lowest BCUT2D eigenvalue weighted by Crippen LogP contribution is -2.45. The molecule has 1 aromatic heterocycles. The number of hydrogen-bond acceptors (Lipinski definition) is 8. The summed E-state index contributed by atoms with van der Waals surface area (Å²) in [6.07, 6.45) is 2.29. The van der Waals surface area contributed by atoms with Gasteiger partial charge >= 0.3 is 0 Å². The van der Waals surface area contributed by atoms with Gasteiger partial charge in [0.15, 0.2) is 0 Å². The van der Waals surface area contributed by atoms with E-state index in [-0.39, 0.29) is 19.3 Å². The van der Waals surface area contributed by atoms with Crippen molar-refractivity contribution < 1.29 is 28.4 Å². The van der Waals surface area contributed by atoms with Gasteiger partial charge in [-0.1, -0.05) is 0 Å². The van der Waals surface area contributed by atoms with Gasteiger partial charge in [-0.15, -0.1) is 0 Å². The summed E-state index contributed by atoms with van der Waals surface area (Å²) in [5.41, 5.74) is -0.781. The summed E-state index contributed by atoms with van der Waals surface area (Å²) in [6, 6.07) is 1.66.